The predicted molar refractivity (Wildman–Crippen MR) is 148 cm³/mol. The van der Waals surface area contributed by atoms with Crippen LogP contribution in [0.1, 0.15) is 75.3 Å². The summed E-state index contributed by atoms with van der Waals surface area (Å²) in [4.78, 5) is 37.1. The lowest BCUT2D eigenvalue weighted by atomic mass is 10.1. The predicted octanol–water partition coefficient (Wildman–Crippen LogP) is 4.34. The minimum atomic E-state index is 0.0205. The first-order valence-electron chi connectivity index (χ1n) is 14.0. The molecule has 2 atom stereocenters. The van der Waals surface area contributed by atoms with Crippen LogP contribution in [0.15, 0.2) is 53.2 Å². The lowest BCUT2D eigenvalue weighted by Crippen LogP contribution is -2.45. The molecule has 9 nitrogen and oxygen atoms in total. The minimum Gasteiger partial charge on any atom is -0.425 e. The lowest BCUT2D eigenvalue weighted by Gasteiger charge is -2.34. The lowest BCUT2D eigenvalue weighted by molar-refractivity contribution is -0.132. The summed E-state index contributed by atoms with van der Waals surface area (Å²) in [5, 5.41) is 8.26. The summed E-state index contributed by atoms with van der Waals surface area (Å²) < 4.78 is 5.76. The first kappa shape index (κ1) is 27.0. The number of nitrogens with zero attached hydrogens (tertiary/aromatic N) is 6. The van der Waals surface area contributed by atoms with Crippen molar-refractivity contribution in [1.82, 2.24) is 25.0 Å². The molecular weight excluding hydrogens is 492 g/mol. The van der Waals surface area contributed by atoms with Crippen molar-refractivity contribution in [3.63, 3.8) is 0 Å². The number of hydrogen-bond acceptors (Lipinski definition) is 7. The number of aromatic nitrogens is 3. The van der Waals surface area contributed by atoms with Crippen LogP contribution in [0.4, 0.5) is 5.69 Å². The van der Waals surface area contributed by atoms with Gasteiger partial charge in [-0.05, 0) is 48.6 Å². The van der Waals surface area contributed by atoms with E-state index in [1.54, 1.807) is 6.92 Å². The van der Waals surface area contributed by atoms with E-state index >= 15 is 0 Å². The number of fused-ring (bicyclic) bond motifs is 3. The van der Waals surface area contributed by atoms with Crippen molar-refractivity contribution in [3.05, 3.63) is 71.7 Å². The van der Waals surface area contributed by atoms with Crippen molar-refractivity contribution in [3.8, 4) is 0 Å². The molecule has 2 aliphatic rings. The molecule has 2 aliphatic heterocycles. The molecule has 9 heteroatoms. The molecule has 0 spiro atoms. The second-order valence-corrected chi connectivity index (χ2v) is 11.0. The average Bonchev–Trinajstić information content (AvgIpc) is 3.55. The Kier molecular flexibility index (Phi) is 8.35. The average molecular weight is 531 g/mol. The summed E-state index contributed by atoms with van der Waals surface area (Å²) in [5.41, 5.74) is 3.08. The monoisotopic (exact) mass is 530 g/mol. The third-order valence-electron chi connectivity index (χ3n) is 7.91. The molecule has 2 unspecified atom stereocenters. The quantitative estimate of drug-likeness (QED) is 0.468. The number of amides is 2. The Labute approximate surface area is 230 Å². The van der Waals surface area contributed by atoms with Gasteiger partial charge < -0.3 is 14.2 Å². The molecule has 2 amide bonds. The van der Waals surface area contributed by atoms with Gasteiger partial charge in [-0.2, -0.15) is 0 Å². The molecule has 5 rings (SSSR count). The van der Waals surface area contributed by atoms with E-state index in [2.05, 4.69) is 32.2 Å². The zero-order chi connectivity index (χ0) is 27.4. The van der Waals surface area contributed by atoms with Crippen molar-refractivity contribution < 1.29 is 14.0 Å². The second-order valence-electron chi connectivity index (χ2n) is 11.0. The molecule has 0 N–H and O–H groups in total. The van der Waals surface area contributed by atoms with Gasteiger partial charge in [-0.15, -0.1) is 10.2 Å². The van der Waals surface area contributed by atoms with Crippen LogP contribution in [0.5, 0.6) is 0 Å². The molecule has 2 bridgehead atoms. The van der Waals surface area contributed by atoms with Crippen LogP contribution in [-0.4, -0.2) is 62.0 Å². The molecule has 0 radical (unpaired) electrons. The molecular formula is C30H38N6O3. The zero-order valence-corrected chi connectivity index (χ0v) is 23.1. The number of para-hydroxylation sites is 1. The largest absolute Gasteiger partial charge is 0.425 e. The van der Waals surface area contributed by atoms with E-state index in [4.69, 9.17) is 4.42 Å². The van der Waals surface area contributed by atoms with E-state index in [0.29, 0.717) is 50.3 Å². The fourth-order valence-corrected chi connectivity index (χ4v) is 5.80. The van der Waals surface area contributed by atoms with Crippen LogP contribution in [0.2, 0.25) is 0 Å². The summed E-state index contributed by atoms with van der Waals surface area (Å²) in [7, 11) is 0. The second kappa shape index (κ2) is 12.1. The van der Waals surface area contributed by atoms with Gasteiger partial charge in [0.15, 0.2) is 0 Å². The molecule has 2 aromatic heterocycles. The highest BCUT2D eigenvalue weighted by atomic mass is 16.4. The number of benzene rings is 1. The van der Waals surface area contributed by atoms with Gasteiger partial charge in [-0.25, -0.2) is 0 Å². The zero-order valence-electron chi connectivity index (χ0n) is 23.1. The van der Waals surface area contributed by atoms with Crippen LogP contribution in [0.3, 0.4) is 0 Å². The van der Waals surface area contributed by atoms with Gasteiger partial charge in [-0.3, -0.25) is 19.5 Å². The number of rotatable bonds is 6. The molecule has 39 heavy (non-hydrogen) atoms. The van der Waals surface area contributed by atoms with Gasteiger partial charge in [-0.1, -0.05) is 32.0 Å². The first-order chi connectivity index (χ1) is 18.9. The summed E-state index contributed by atoms with van der Waals surface area (Å²) in [5.74, 6) is 1.31. The van der Waals surface area contributed by atoms with Crippen molar-refractivity contribution in [2.75, 3.05) is 18.0 Å². The van der Waals surface area contributed by atoms with Crippen molar-refractivity contribution in [1.29, 1.82) is 0 Å². The van der Waals surface area contributed by atoms with Gasteiger partial charge in [0.05, 0.1) is 0 Å². The molecule has 1 saturated heterocycles. The fraction of sp³-hybridized carbons (Fsp3) is 0.500. The third-order valence-corrected chi connectivity index (χ3v) is 7.91. The topological polar surface area (TPSA) is 95.7 Å². The Morgan fingerprint density at radius 3 is 2.54 bits per heavy atom. The molecule has 1 fully saturated rings. The van der Waals surface area contributed by atoms with Crippen molar-refractivity contribution in [2.24, 2.45) is 0 Å². The molecule has 1 aromatic carbocycles. The fourth-order valence-electron chi connectivity index (χ4n) is 5.80. The molecule has 4 heterocycles. The normalized spacial score (nSPS) is 20.1. The van der Waals surface area contributed by atoms with Crippen LogP contribution in [0, 0.1) is 0 Å². The molecule has 0 saturated carbocycles. The van der Waals surface area contributed by atoms with E-state index in [1.807, 2.05) is 60.3 Å². The summed E-state index contributed by atoms with van der Waals surface area (Å²) in [6.07, 6.45) is 7.31. The first-order valence-corrected chi connectivity index (χ1v) is 14.0. The number of anilines is 1. The van der Waals surface area contributed by atoms with E-state index in [-0.39, 0.29) is 23.8 Å². The maximum absolute atomic E-state index is 13.8. The number of carbonyl (C=O) groups excluding carboxylic acids is 2. The Morgan fingerprint density at radius 2 is 1.79 bits per heavy atom. The smallest absolute Gasteiger partial charge is 0.223 e. The Hall–Kier alpha value is -3.59. The Morgan fingerprint density at radius 1 is 1.03 bits per heavy atom. The highest BCUT2D eigenvalue weighted by Gasteiger charge is 2.36. The van der Waals surface area contributed by atoms with Gasteiger partial charge in [0.25, 0.3) is 0 Å². The standard InChI is InChI=1S/C30H38N6O3/c1-21(2)30-33-32-28(39-30)10-11-29(38)34-19-24-6-4-5-7-27(24)35(22(3)37)17-14-25-8-9-26(20-34)36(25)18-23-12-15-31-16-13-23/h4-7,12-13,15-16,21,25-26H,8-11,14,17-20H2,1-3H3. The van der Waals surface area contributed by atoms with Gasteiger partial charge >= 0.3 is 0 Å². The van der Waals surface area contributed by atoms with E-state index < -0.39 is 0 Å². The number of aryl methyl sites for hydroxylation is 1. The van der Waals surface area contributed by atoms with E-state index in [9.17, 15) is 9.59 Å². The molecule has 3 aromatic rings. The number of hydrogen-bond donors (Lipinski definition) is 0. The van der Waals surface area contributed by atoms with Crippen molar-refractivity contribution in [2.45, 2.75) is 84.0 Å². The maximum atomic E-state index is 13.8. The molecule has 206 valence electrons. The minimum absolute atomic E-state index is 0.0205. The van der Waals surface area contributed by atoms with Gasteiger partial charge in [0.1, 0.15) is 0 Å². The van der Waals surface area contributed by atoms with E-state index in [1.165, 1.54) is 5.56 Å². The van der Waals surface area contributed by atoms with Gasteiger partial charge in [0, 0.05) is 82.0 Å². The molecule has 0 aliphatic carbocycles. The highest BCUT2D eigenvalue weighted by molar-refractivity contribution is 5.92. The van der Waals surface area contributed by atoms with Crippen LogP contribution in [-0.2, 0) is 29.1 Å². The van der Waals surface area contributed by atoms with Crippen LogP contribution in [0.25, 0.3) is 0 Å². The van der Waals surface area contributed by atoms with Crippen molar-refractivity contribution >= 4 is 17.5 Å². The van der Waals surface area contributed by atoms with E-state index in [0.717, 1.165) is 37.1 Å². The maximum Gasteiger partial charge on any atom is 0.223 e. The number of pyridine rings is 1. The Balaban J connectivity index is 1.43. The van der Waals surface area contributed by atoms with Crippen LogP contribution < -0.4 is 4.90 Å². The summed E-state index contributed by atoms with van der Waals surface area (Å²) in [6.45, 7) is 8.17. The summed E-state index contributed by atoms with van der Waals surface area (Å²) >= 11 is 0. The van der Waals surface area contributed by atoms with Gasteiger partial charge in [0.2, 0.25) is 23.6 Å². The highest BCUT2D eigenvalue weighted by Crippen LogP contribution is 2.32. The Bertz CT molecular complexity index is 1280. The number of carbonyl (C=O) groups is 2. The summed E-state index contributed by atoms with van der Waals surface area (Å²) in [6, 6.07) is 12.7. The third kappa shape index (κ3) is 6.36. The SMILES string of the molecule is CC(=O)N1CCC2CCC(CN(C(=O)CCc3nnc(C(C)C)o3)Cc3ccccc31)N2Cc1ccncc1. The van der Waals surface area contributed by atoms with Crippen LogP contribution >= 0.6 is 0 Å².